The van der Waals surface area contributed by atoms with E-state index in [4.69, 9.17) is 4.74 Å². The third-order valence-corrected chi connectivity index (χ3v) is 7.36. The van der Waals surface area contributed by atoms with E-state index in [0.717, 1.165) is 12.8 Å². The predicted molar refractivity (Wildman–Crippen MR) is 101 cm³/mol. The lowest BCUT2D eigenvalue weighted by atomic mass is 9.98. The van der Waals surface area contributed by atoms with Crippen LogP contribution in [0.25, 0.3) is 0 Å². The van der Waals surface area contributed by atoms with E-state index in [9.17, 15) is 18.0 Å². The van der Waals surface area contributed by atoms with Crippen LogP contribution in [0.4, 0.5) is 5.69 Å². The van der Waals surface area contributed by atoms with E-state index in [-0.39, 0.29) is 11.2 Å². The Morgan fingerprint density at radius 2 is 1.85 bits per heavy atom. The number of carbonyl (C=O) groups is 2. The van der Waals surface area contributed by atoms with E-state index in [1.807, 2.05) is 0 Å². The van der Waals surface area contributed by atoms with Gasteiger partial charge in [-0.2, -0.15) is 0 Å². The van der Waals surface area contributed by atoms with Crippen LogP contribution in [0.2, 0.25) is 0 Å². The molecule has 0 unspecified atom stereocenters. The molecule has 0 atom stereocenters. The fraction of sp³-hybridized carbons (Fsp3) is 0.556. The molecule has 2 fully saturated rings. The second-order valence-corrected chi connectivity index (χ2v) is 9.20. The summed E-state index contributed by atoms with van der Waals surface area (Å²) >= 11 is 0. The number of nitrogens with one attached hydrogen (secondary N) is 2. The molecule has 27 heavy (non-hydrogen) atoms. The van der Waals surface area contributed by atoms with E-state index in [0.29, 0.717) is 43.9 Å². The van der Waals surface area contributed by atoms with Gasteiger partial charge in [0.25, 0.3) is 0 Å². The molecule has 2 aliphatic rings. The molecule has 2 amide bonds. The number of piperidine rings is 1. The Kier molecular flexibility index (Phi) is 6.01. The molecule has 148 valence electrons. The molecule has 8 nitrogen and oxygen atoms in total. The van der Waals surface area contributed by atoms with Crippen LogP contribution in [-0.4, -0.2) is 56.5 Å². The van der Waals surface area contributed by atoms with Crippen LogP contribution < -0.4 is 15.4 Å². The zero-order valence-corrected chi connectivity index (χ0v) is 16.1. The van der Waals surface area contributed by atoms with E-state index in [1.54, 1.807) is 28.6 Å². The smallest absolute Gasteiger partial charge is 0.313 e. The largest absolute Gasteiger partial charge is 0.497 e. The summed E-state index contributed by atoms with van der Waals surface area (Å²) in [5, 5.41) is 4.99. The summed E-state index contributed by atoms with van der Waals surface area (Å²) in [5.41, 5.74) is 0.480. The van der Waals surface area contributed by atoms with E-state index in [2.05, 4.69) is 10.6 Å². The van der Waals surface area contributed by atoms with Crippen molar-refractivity contribution in [1.29, 1.82) is 0 Å². The van der Waals surface area contributed by atoms with Crippen LogP contribution in [0.15, 0.2) is 24.3 Å². The van der Waals surface area contributed by atoms with Crippen molar-refractivity contribution in [3.05, 3.63) is 24.3 Å². The molecular formula is C18H25N3O5S. The highest BCUT2D eigenvalue weighted by Gasteiger charge is 2.41. The highest BCUT2D eigenvalue weighted by molar-refractivity contribution is 7.90. The number of methoxy groups -OCH3 is 1. The second-order valence-electron chi connectivity index (χ2n) is 6.98. The molecule has 1 heterocycles. The van der Waals surface area contributed by atoms with Gasteiger partial charge in [-0.25, -0.2) is 12.7 Å². The van der Waals surface area contributed by atoms with Gasteiger partial charge >= 0.3 is 11.8 Å². The first-order valence-electron chi connectivity index (χ1n) is 9.12. The molecule has 0 aromatic heterocycles. The Bertz CT molecular complexity index is 799. The lowest BCUT2D eigenvalue weighted by Gasteiger charge is -2.31. The number of hydrogen-bond acceptors (Lipinski definition) is 5. The van der Waals surface area contributed by atoms with Crippen LogP contribution in [0.1, 0.15) is 25.7 Å². The zero-order valence-electron chi connectivity index (χ0n) is 15.3. The number of hydrogen-bond donors (Lipinski definition) is 2. The Balaban J connectivity index is 1.42. The van der Waals surface area contributed by atoms with Crippen molar-refractivity contribution < 1.29 is 22.7 Å². The number of rotatable bonds is 6. The third-order valence-electron chi connectivity index (χ3n) is 4.96. The quantitative estimate of drug-likeness (QED) is 0.698. The fourth-order valence-electron chi connectivity index (χ4n) is 3.15. The Morgan fingerprint density at radius 1 is 1.15 bits per heavy atom. The Morgan fingerprint density at radius 3 is 2.48 bits per heavy atom. The molecule has 1 aliphatic carbocycles. The number of carbonyl (C=O) groups excluding carboxylic acids is 2. The summed E-state index contributed by atoms with van der Waals surface area (Å²) in [4.78, 5) is 24.0. The number of nitrogens with zero attached hydrogens (tertiary/aromatic N) is 1. The van der Waals surface area contributed by atoms with Crippen LogP contribution in [-0.2, 0) is 19.6 Å². The summed E-state index contributed by atoms with van der Waals surface area (Å²) in [6.45, 7) is 1.33. The standard InChI is InChI=1S/C18H25N3O5S/c1-26-15-4-2-3-14(11-15)20-18(23)17(22)19-12-13-7-9-21(10-8-13)27(24,25)16-5-6-16/h2-4,11,13,16H,5-10,12H2,1H3,(H,19,22)(H,20,23). The molecule has 0 bridgehead atoms. The van der Waals surface area contributed by atoms with Crippen molar-refractivity contribution in [1.82, 2.24) is 9.62 Å². The van der Waals surface area contributed by atoms with Crippen molar-refractivity contribution in [3.63, 3.8) is 0 Å². The van der Waals surface area contributed by atoms with E-state index < -0.39 is 21.8 Å². The lowest BCUT2D eigenvalue weighted by Crippen LogP contribution is -2.44. The highest BCUT2D eigenvalue weighted by Crippen LogP contribution is 2.33. The van der Waals surface area contributed by atoms with Gasteiger partial charge in [0, 0.05) is 31.4 Å². The summed E-state index contributed by atoms with van der Waals surface area (Å²) in [6.07, 6.45) is 2.90. The molecule has 1 aromatic carbocycles. The fourth-order valence-corrected chi connectivity index (χ4v) is 5.02. The number of ether oxygens (including phenoxy) is 1. The minimum atomic E-state index is -3.13. The molecule has 2 N–H and O–H groups in total. The van der Waals surface area contributed by atoms with Gasteiger partial charge in [-0.05, 0) is 43.7 Å². The van der Waals surface area contributed by atoms with Gasteiger partial charge in [0.1, 0.15) is 5.75 Å². The van der Waals surface area contributed by atoms with Gasteiger partial charge < -0.3 is 15.4 Å². The number of amides is 2. The molecular weight excluding hydrogens is 370 g/mol. The minimum Gasteiger partial charge on any atom is -0.497 e. The monoisotopic (exact) mass is 395 g/mol. The minimum absolute atomic E-state index is 0.171. The molecule has 9 heteroatoms. The number of benzene rings is 1. The summed E-state index contributed by atoms with van der Waals surface area (Å²) in [7, 11) is -1.60. The van der Waals surface area contributed by atoms with E-state index >= 15 is 0 Å². The first-order valence-corrected chi connectivity index (χ1v) is 10.6. The lowest BCUT2D eigenvalue weighted by molar-refractivity contribution is -0.136. The summed E-state index contributed by atoms with van der Waals surface area (Å²) in [6, 6.07) is 6.76. The molecule has 1 saturated carbocycles. The van der Waals surface area contributed by atoms with Crippen molar-refractivity contribution in [3.8, 4) is 5.75 Å². The maximum atomic E-state index is 12.2. The van der Waals surface area contributed by atoms with Gasteiger partial charge in [-0.15, -0.1) is 0 Å². The Hall–Kier alpha value is -2.13. The first kappa shape index (κ1) is 19.6. The van der Waals surface area contributed by atoms with Crippen molar-refractivity contribution >= 4 is 27.5 Å². The molecule has 0 radical (unpaired) electrons. The third kappa shape index (κ3) is 4.98. The Labute approximate surface area is 159 Å². The summed E-state index contributed by atoms with van der Waals surface area (Å²) < 4.78 is 31.1. The van der Waals surface area contributed by atoms with Crippen molar-refractivity contribution in [2.24, 2.45) is 5.92 Å². The SMILES string of the molecule is COc1cccc(NC(=O)C(=O)NCC2CCN(S(=O)(=O)C3CC3)CC2)c1. The van der Waals surface area contributed by atoms with Crippen LogP contribution in [0.3, 0.4) is 0 Å². The zero-order chi connectivity index (χ0) is 19.4. The van der Waals surface area contributed by atoms with Gasteiger partial charge in [0.15, 0.2) is 0 Å². The highest BCUT2D eigenvalue weighted by atomic mass is 32.2. The van der Waals surface area contributed by atoms with Crippen LogP contribution >= 0.6 is 0 Å². The van der Waals surface area contributed by atoms with E-state index in [1.165, 1.54) is 7.11 Å². The van der Waals surface area contributed by atoms with Gasteiger partial charge in [0.2, 0.25) is 10.0 Å². The molecule has 3 rings (SSSR count). The average molecular weight is 395 g/mol. The topological polar surface area (TPSA) is 105 Å². The molecule has 1 aliphatic heterocycles. The number of anilines is 1. The first-order chi connectivity index (χ1) is 12.9. The predicted octanol–water partition coefficient (Wildman–Crippen LogP) is 0.954. The molecule has 0 spiro atoms. The average Bonchev–Trinajstić information content (AvgIpc) is 3.52. The van der Waals surface area contributed by atoms with Gasteiger partial charge in [-0.1, -0.05) is 6.07 Å². The number of sulfonamides is 1. The van der Waals surface area contributed by atoms with Crippen molar-refractivity contribution in [2.45, 2.75) is 30.9 Å². The van der Waals surface area contributed by atoms with Crippen LogP contribution in [0.5, 0.6) is 5.75 Å². The summed E-state index contributed by atoms with van der Waals surface area (Å²) in [5.74, 6) is -0.687. The van der Waals surface area contributed by atoms with Gasteiger partial charge in [0.05, 0.1) is 12.4 Å². The molecule has 1 saturated heterocycles. The van der Waals surface area contributed by atoms with Crippen LogP contribution in [0, 0.1) is 5.92 Å². The molecule has 1 aromatic rings. The van der Waals surface area contributed by atoms with Crippen molar-refractivity contribution in [2.75, 3.05) is 32.1 Å². The normalized spacial score (nSPS) is 18.7. The second kappa shape index (κ2) is 8.26. The maximum Gasteiger partial charge on any atom is 0.313 e. The van der Waals surface area contributed by atoms with Gasteiger partial charge in [-0.3, -0.25) is 9.59 Å². The maximum absolute atomic E-state index is 12.2.